The molecule has 1 N–H and O–H groups in total. The molecule has 1 aliphatic rings. The third kappa shape index (κ3) is 2.85. The Hall–Kier alpha value is -1.05. The monoisotopic (exact) mass is 293 g/mol. The summed E-state index contributed by atoms with van der Waals surface area (Å²) in [6.07, 6.45) is 0.728. The minimum atomic E-state index is -3.90. The van der Waals surface area contributed by atoms with Crippen molar-refractivity contribution in [1.82, 2.24) is 5.32 Å². The zero-order chi connectivity index (χ0) is 13.3. The number of ether oxygens (including phenoxy) is 1. The lowest BCUT2D eigenvalue weighted by Gasteiger charge is -2.08. The van der Waals surface area contributed by atoms with Crippen molar-refractivity contribution in [2.75, 3.05) is 13.2 Å². The van der Waals surface area contributed by atoms with Crippen molar-refractivity contribution in [2.45, 2.75) is 24.3 Å². The van der Waals surface area contributed by atoms with Gasteiger partial charge in [0.05, 0.1) is 12.6 Å². The van der Waals surface area contributed by atoms with Crippen LogP contribution in [0.15, 0.2) is 15.4 Å². The molecule has 1 fully saturated rings. The zero-order valence-electron chi connectivity index (χ0n) is 9.60. The molecular formula is C10H12ClNO5S. The van der Waals surface area contributed by atoms with Gasteiger partial charge in [-0.05, 0) is 13.3 Å². The van der Waals surface area contributed by atoms with Crippen molar-refractivity contribution in [3.8, 4) is 0 Å². The second-order valence-corrected chi connectivity index (χ2v) is 6.54. The van der Waals surface area contributed by atoms with E-state index < -0.39 is 15.0 Å². The third-order valence-electron chi connectivity index (χ3n) is 2.62. The SMILES string of the molecule is Cc1oc(C(=O)NC2CCOC2)cc1S(=O)(=O)Cl. The number of carbonyl (C=O) groups is 1. The van der Waals surface area contributed by atoms with Crippen molar-refractivity contribution >= 4 is 25.6 Å². The van der Waals surface area contributed by atoms with E-state index in [0.717, 1.165) is 12.5 Å². The Balaban J connectivity index is 2.16. The highest BCUT2D eigenvalue weighted by atomic mass is 35.7. The maximum absolute atomic E-state index is 11.8. The molecule has 18 heavy (non-hydrogen) atoms. The molecule has 1 aromatic heterocycles. The predicted octanol–water partition coefficient (Wildman–Crippen LogP) is 1.03. The summed E-state index contributed by atoms with van der Waals surface area (Å²) >= 11 is 0. The lowest BCUT2D eigenvalue weighted by atomic mass is 10.2. The second kappa shape index (κ2) is 4.91. The van der Waals surface area contributed by atoms with Gasteiger partial charge in [-0.15, -0.1) is 0 Å². The van der Waals surface area contributed by atoms with Gasteiger partial charge in [0.15, 0.2) is 5.76 Å². The van der Waals surface area contributed by atoms with Crippen LogP contribution < -0.4 is 5.32 Å². The molecule has 6 nitrogen and oxygen atoms in total. The van der Waals surface area contributed by atoms with Gasteiger partial charge in [0.2, 0.25) is 0 Å². The Morgan fingerprint density at radius 2 is 2.28 bits per heavy atom. The Morgan fingerprint density at radius 1 is 1.56 bits per heavy atom. The summed E-state index contributed by atoms with van der Waals surface area (Å²) in [4.78, 5) is 11.6. The van der Waals surface area contributed by atoms with Gasteiger partial charge in [-0.1, -0.05) is 0 Å². The minimum Gasteiger partial charge on any atom is -0.455 e. The van der Waals surface area contributed by atoms with Crippen LogP contribution in [0.2, 0.25) is 0 Å². The van der Waals surface area contributed by atoms with Gasteiger partial charge in [0.25, 0.3) is 15.0 Å². The molecular weight excluding hydrogens is 282 g/mol. The lowest BCUT2D eigenvalue weighted by Crippen LogP contribution is -2.34. The molecule has 1 amide bonds. The van der Waals surface area contributed by atoms with Crippen LogP contribution in [0.5, 0.6) is 0 Å². The van der Waals surface area contributed by atoms with E-state index in [4.69, 9.17) is 19.8 Å². The average molecular weight is 294 g/mol. The van der Waals surface area contributed by atoms with Gasteiger partial charge in [0, 0.05) is 23.4 Å². The summed E-state index contributed by atoms with van der Waals surface area (Å²) in [6, 6.07) is 1.06. The van der Waals surface area contributed by atoms with Crippen molar-refractivity contribution in [1.29, 1.82) is 0 Å². The van der Waals surface area contributed by atoms with Crippen LogP contribution >= 0.6 is 10.7 Å². The molecule has 0 aromatic carbocycles. The van der Waals surface area contributed by atoms with Gasteiger partial charge >= 0.3 is 0 Å². The summed E-state index contributed by atoms with van der Waals surface area (Å²) in [7, 11) is 1.31. The molecule has 0 radical (unpaired) electrons. The number of furan rings is 1. The molecule has 1 atom stereocenters. The van der Waals surface area contributed by atoms with Crippen LogP contribution in [0.3, 0.4) is 0 Å². The number of nitrogens with one attached hydrogen (secondary N) is 1. The zero-order valence-corrected chi connectivity index (χ0v) is 11.2. The minimum absolute atomic E-state index is 0.0704. The van der Waals surface area contributed by atoms with Crippen LogP contribution in [0, 0.1) is 6.92 Å². The highest BCUT2D eigenvalue weighted by Crippen LogP contribution is 2.23. The Labute approximate surface area is 109 Å². The number of amides is 1. The molecule has 2 rings (SSSR count). The molecule has 0 saturated carbocycles. The number of rotatable bonds is 3. The van der Waals surface area contributed by atoms with Gasteiger partial charge in [0.1, 0.15) is 10.7 Å². The van der Waals surface area contributed by atoms with Gasteiger partial charge in [-0.25, -0.2) is 8.42 Å². The first-order valence-electron chi connectivity index (χ1n) is 5.31. The van der Waals surface area contributed by atoms with E-state index in [0.29, 0.717) is 13.2 Å². The van der Waals surface area contributed by atoms with Gasteiger partial charge in [-0.3, -0.25) is 4.79 Å². The van der Waals surface area contributed by atoms with Crippen LogP contribution in [-0.2, 0) is 13.8 Å². The summed E-state index contributed by atoms with van der Waals surface area (Å²) in [6.45, 7) is 2.49. The van der Waals surface area contributed by atoms with Crippen LogP contribution in [0.25, 0.3) is 0 Å². The predicted molar refractivity (Wildman–Crippen MR) is 63.2 cm³/mol. The van der Waals surface area contributed by atoms with Crippen molar-refractivity contribution < 1.29 is 22.4 Å². The first kappa shape index (κ1) is 13.4. The second-order valence-electron chi connectivity index (χ2n) is 4.00. The van der Waals surface area contributed by atoms with Crippen molar-refractivity contribution in [3.05, 3.63) is 17.6 Å². The maximum atomic E-state index is 11.8. The highest BCUT2D eigenvalue weighted by Gasteiger charge is 2.24. The normalized spacial score (nSPS) is 20.0. The number of carbonyl (C=O) groups excluding carboxylic acids is 1. The largest absolute Gasteiger partial charge is 0.455 e. The number of aryl methyl sites for hydroxylation is 1. The summed E-state index contributed by atoms with van der Waals surface area (Å²) < 4.78 is 32.6. The molecule has 1 saturated heterocycles. The van der Waals surface area contributed by atoms with Gasteiger partial charge in [-0.2, -0.15) is 0 Å². The van der Waals surface area contributed by atoms with E-state index in [2.05, 4.69) is 5.32 Å². The van der Waals surface area contributed by atoms with E-state index in [1.807, 2.05) is 0 Å². The molecule has 0 aliphatic carbocycles. The Bertz CT molecular complexity index is 559. The molecule has 100 valence electrons. The average Bonchev–Trinajstić information content (AvgIpc) is 2.85. The highest BCUT2D eigenvalue weighted by molar-refractivity contribution is 8.13. The number of halogens is 1. The first-order chi connectivity index (χ1) is 8.38. The van der Waals surface area contributed by atoms with Crippen LogP contribution in [-0.4, -0.2) is 33.6 Å². The fourth-order valence-corrected chi connectivity index (χ4v) is 2.82. The van der Waals surface area contributed by atoms with E-state index in [1.54, 1.807) is 0 Å². The molecule has 1 unspecified atom stereocenters. The van der Waals surface area contributed by atoms with Crippen molar-refractivity contribution in [2.24, 2.45) is 0 Å². The standard InChI is InChI=1S/C10H12ClNO5S/c1-6-9(18(11,14)15)4-8(17-6)10(13)12-7-2-3-16-5-7/h4,7H,2-3,5H2,1H3,(H,12,13). The summed E-state index contributed by atoms with van der Waals surface area (Å²) in [5.74, 6) is -0.448. The molecule has 0 spiro atoms. The van der Waals surface area contributed by atoms with Gasteiger partial charge < -0.3 is 14.5 Å². The van der Waals surface area contributed by atoms with Crippen LogP contribution in [0.4, 0.5) is 0 Å². The van der Waals surface area contributed by atoms with Crippen LogP contribution in [0.1, 0.15) is 22.7 Å². The molecule has 8 heteroatoms. The van der Waals surface area contributed by atoms with E-state index in [1.165, 1.54) is 6.92 Å². The Kier molecular flexibility index (Phi) is 3.65. The molecule has 2 heterocycles. The topological polar surface area (TPSA) is 85.6 Å². The smallest absolute Gasteiger partial charge is 0.287 e. The first-order valence-corrected chi connectivity index (χ1v) is 7.62. The summed E-state index contributed by atoms with van der Waals surface area (Å²) in [5.41, 5.74) is 0. The van der Waals surface area contributed by atoms with E-state index >= 15 is 0 Å². The molecule has 0 bridgehead atoms. The molecule has 1 aliphatic heterocycles. The lowest BCUT2D eigenvalue weighted by molar-refractivity contribution is 0.0900. The van der Waals surface area contributed by atoms with Crippen molar-refractivity contribution in [3.63, 3.8) is 0 Å². The third-order valence-corrected chi connectivity index (χ3v) is 4.05. The number of hydrogen-bond acceptors (Lipinski definition) is 5. The quantitative estimate of drug-likeness (QED) is 0.841. The van der Waals surface area contributed by atoms with E-state index in [-0.39, 0.29) is 22.5 Å². The fourth-order valence-electron chi connectivity index (χ4n) is 1.72. The Morgan fingerprint density at radius 3 is 2.78 bits per heavy atom. The summed E-state index contributed by atoms with van der Waals surface area (Å²) in [5, 5.41) is 2.69. The molecule has 1 aromatic rings. The van der Waals surface area contributed by atoms with E-state index in [9.17, 15) is 13.2 Å². The number of hydrogen-bond donors (Lipinski definition) is 1. The maximum Gasteiger partial charge on any atom is 0.287 e. The fraction of sp³-hybridized carbons (Fsp3) is 0.500.